The van der Waals surface area contributed by atoms with Crippen LogP contribution < -0.4 is 15.4 Å². The molecule has 0 aliphatic rings. The summed E-state index contributed by atoms with van der Waals surface area (Å²) in [6, 6.07) is 30.4. The van der Waals surface area contributed by atoms with Crippen molar-refractivity contribution >= 4 is 45.5 Å². The van der Waals surface area contributed by atoms with Crippen LogP contribution in [0.15, 0.2) is 109 Å². The van der Waals surface area contributed by atoms with Gasteiger partial charge in [0.15, 0.2) is 0 Å². The number of halogens is 1. The molecule has 10 heteroatoms. The summed E-state index contributed by atoms with van der Waals surface area (Å²) in [6.45, 7) is 0.415. The molecule has 2 N–H and O–H groups in total. The summed E-state index contributed by atoms with van der Waals surface area (Å²) >= 11 is 6.61. The van der Waals surface area contributed by atoms with Crippen LogP contribution >= 0.6 is 11.6 Å². The Morgan fingerprint density at radius 1 is 0.976 bits per heavy atom. The third kappa shape index (κ3) is 5.45. The lowest BCUT2D eigenvalue weighted by Gasteiger charge is -2.11. The van der Waals surface area contributed by atoms with E-state index >= 15 is 0 Å². The molecule has 4 aromatic carbocycles. The van der Waals surface area contributed by atoms with Gasteiger partial charge in [0.2, 0.25) is 5.95 Å². The lowest BCUT2D eigenvalue weighted by molar-refractivity contribution is -0.383. The van der Waals surface area contributed by atoms with E-state index in [-0.39, 0.29) is 11.6 Å². The summed E-state index contributed by atoms with van der Waals surface area (Å²) in [5.74, 6) is 1.01. The van der Waals surface area contributed by atoms with Crippen molar-refractivity contribution < 1.29 is 9.66 Å². The first kappa shape index (κ1) is 26.8. The molecule has 0 saturated heterocycles. The Balaban J connectivity index is 1.29. The minimum atomic E-state index is -0.422. The number of para-hydroxylation sites is 2. The number of aromatic nitrogens is 3. The smallest absolute Gasteiger partial charge is 0.294 e. The molecule has 0 amide bonds. The van der Waals surface area contributed by atoms with E-state index in [0.717, 1.165) is 33.5 Å². The van der Waals surface area contributed by atoms with Crippen molar-refractivity contribution in [2.75, 3.05) is 17.7 Å². The monoisotopic (exact) mass is 576 g/mol. The average molecular weight is 577 g/mol. The molecule has 0 bridgehead atoms. The van der Waals surface area contributed by atoms with Gasteiger partial charge in [0.1, 0.15) is 11.4 Å². The van der Waals surface area contributed by atoms with Crippen molar-refractivity contribution in [3.8, 4) is 22.7 Å². The third-order valence-corrected chi connectivity index (χ3v) is 7.11. The number of nitro benzene ring substituents is 1. The van der Waals surface area contributed by atoms with Gasteiger partial charge < -0.3 is 19.9 Å². The molecule has 2 heterocycles. The van der Waals surface area contributed by atoms with E-state index in [0.29, 0.717) is 28.6 Å². The molecule has 9 nitrogen and oxygen atoms in total. The number of rotatable bonds is 9. The molecule has 0 aliphatic heterocycles. The molecule has 0 saturated carbocycles. The van der Waals surface area contributed by atoms with Gasteiger partial charge in [-0.1, -0.05) is 60.1 Å². The Morgan fingerprint density at radius 2 is 1.74 bits per heavy atom. The third-order valence-electron chi connectivity index (χ3n) is 6.84. The number of nitrogens with one attached hydrogen (secondary N) is 2. The van der Waals surface area contributed by atoms with Crippen LogP contribution in [-0.2, 0) is 6.54 Å². The van der Waals surface area contributed by atoms with Crippen LogP contribution in [0, 0.1) is 10.1 Å². The summed E-state index contributed by atoms with van der Waals surface area (Å²) in [6.07, 6.45) is 3.53. The zero-order valence-corrected chi connectivity index (χ0v) is 23.2. The van der Waals surface area contributed by atoms with Crippen LogP contribution in [0.2, 0.25) is 5.02 Å². The maximum absolute atomic E-state index is 11.9. The van der Waals surface area contributed by atoms with Crippen molar-refractivity contribution in [3.63, 3.8) is 0 Å². The molecule has 6 aromatic rings. The largest absolute Gasteiger partial charge is 0.497 e. The number of hydrogen-bond acceptors (Lipinski definition) is 7. The Labute approximate surface area is 246 Å². The van der Waals surface area contributed by atoms with Gasteiger partial charge in [0.25, 0.3) is 5.69 Å². The Kier molecular flexibility index (Phi) is 7.40. The van der Waals surface area contributed by atoms with Crippen molar-refractivity contribution in [1.29, 1.82) is 0 Å². The van der Waals surface area contributed by atoms with E-state index in [1.54, 1.807) is 19.2 Å². The lowest BCUT2D eigenvalue weighted by atomic mass is 10.1. The topological polar surface area (TPSA) is 107 Å². The predicted molar refractivity (Wildman–Crippen MR) is 166 cm³/mol. The van der Waals surface area contributed by atoms with Crippen LogP contribution in [0.5, 0.6) is 5.75 Å². The number of hydrogen-bond donors (Lipinski definition) is 2. The van der Waals surface area contributed by atoms with Gasteiger partial charge in [-0.3, -0.25) is 10.1 Å². The molecule has 2 aromatic heterocycles. The zero-order chi connectivity index (χ0) is 29.1. The summed E-state index contributed by atoms with van der Waals surface area (Å²) in [5, 5.41) is 19.5. The normalized spacial score (nSPS) is 10.9. The van der Waals surface area contributed by atoms with Gasteiger partial charge in [-0.2, -0.15) is 0 Å². The summed E-state index contributed by atoms with van der Waals surface area (Å²) in [5.41, 5.74) is 5.16. The standard InChI is InChI=1S/C32H25ClN6O3/c1-42-24-14-11-21(12-15-24)18-34-28-16-13-22(17-30(28)39(40)41)36-32-35-19-27(33)31(37-32)26-20-38(23-7-3-2-4-8-23)29-10-6-5-9-25(26)29/h2-17,19-20,34H,18H2,1H3,(H,35,36,37). The summed E-state index contributed by atoms with van der Waals surface area (Å²) < 4.78 is 7.28. The van der Waals surface area contributed by atoms with Crippen molar-refractivity contribution in [2.24, 2.45) is 0 Å². The number of nitrogens with zero attached hydrogens (tertiary/aromatic N) is 4. The van der Waals surface area contributed by atoms with E-state index in [9.17, 15) is 10.1 Å². The van der Waals surface area contributed by atoms with Crippen LogP contribution in [0.3, 0.4) is 0 Å². The van der Waals surface area contributed by atoms with Crippen LogP contribution in [0.1, 0.15) is 5.56 Å². The Hall–Kier alpha value is -5.41. The summed E-state index contributed by atoms with van der Waals surface area (Å²) in [4.78, 5) is 20.6. The number of methoxy groups -OCH3 is 1. The zero-order valence-electron chi connectivity index (χ0n) is 22.5. The minimum absolute atomic E-state index is 0.0753. The number of ether oxygens (including phenoxy) is 1. The SMILES string of the molecule is COc1ccc(CNc2ccc(Nc3ncc(Cl)c(-c4cn(-c5ccccc5)c5ccccc45)n3)cc2[N+](=O)[O-])cc1. The van der Waals surface area contributed by atoms with Gasteiger partial charge in [0, 0.05) is 41.1 Å². The van der Waals surface area contributed by atoms with Gasteiger partial charge in [0.05, 0.1) is 34.5 Å². The van der Waals surface area contributed by atoms with Crippen molar-refractivity contribution in [1.82, 2.24) is 14.5 Å². The van der Waals surface area contributed by atoms with E-state index in [4.69, 9.17) is 21.3 Å². The van der Waals surface area contributed by atoms with Crippen LogP contribution in [-0.4, -0.2) is 26.6 Å². The molecule has 0 atom stereocenters. The van der Waals surface area contributed by atoms with Gasteiger partial charge in [-0.25, -0.2) is 9.97 Å². The van der Waals surface area contributed by atoms with Gasteiger partial charge in [-0.05, 0) is 48.0 Å². The predicted octanol–water partition coefficient (Wildman–Crippen LogP) is 8.01. The summed E-state index contributed by atoms with van der Waals surface area (Å²) in [7, 11) is 1.60. The fraction of sp³-hybridized carbons (Fsp3) is 0.0625. The number of nitro groups is 1. The van der Waals surface area contributed by atoms with E-state index in [2.05, 4.69) is 20.2 Å². The van der Waals surface area contributed by atoms with E-state index in [1.165, 1.54) is 12.3 Å². The average Bonchev–Trinajstić information content (AvgIpc) is 3.41. The second-order valence-electron chi connectivity index (χ2n) is 9.47. The molecule has 0 unspecified atom stereocenters. The van der Waals surface area contributed by atoms with Crippen molar-refractivity contribution in [2.45, 2.75) is 6.54 Å². The fourth-order valence-electron chi connectivity index (χ4n) is 4.77. The lowest BCUT2D eigenvalue weighted by Crippen LogP contribution is -2.04. The quantitative estimate of drug-likeness (QED) is 0.132. The molecule has 0 radical (unpaired) electrons. The van der Waals surface area contributed by atoms with Gasteiger partial charge >= 0.3 is 0 Å². The number of fused-ring (bicyclic) bond motifs is 1. The molecule has 0 aliphatic carbocycles. The van der Waals surface area contributed by atoms with Crippen LogP contribution in [0.4, 0.5) is 23.0 Å². The second-order valence-corrected chi connectivity index (χ2v) is 9.88. The van der Waals surface area contributed by atoms with Crippen LogP contribution in [0.25, 0.3) is 27.8 Å². The molecule has 0 spiro atoms. The minimum Gasteiger partial charge on any atom is -0.497 e. The highest BCUT2D eigenvalue weighted by Gasteiger charge is 2.18. The van der Waals surface area contributed by atoms with Crippen molar-refractivity contribution in [3.05, 3.63) is 130 Å². The molecule has 42 heavy (non-hydrogen) atoms. The highest BCUT2D eigenvalue weighted by molar-refractivity contribution is 6.33. The van der Waals surface area contributed by atoms with E-state index < -0.39 is 4.92 Å². The highest BCUT2D eigenvalue weighted by Crippen LogP contribution is 2.36. The maximum atomic E-state index is 11.9. The number of benzene rings is 4. The van der Waals surface area contributed by atoms with E-state index in [1.807, 2.05) is 85.1 Å². The maximum Gasteiger partial charge on any atom is 0.294 e. The molecule has 6 rings (SSSR count). The Morgan fingerprint density at radius 3 is 2.50 bits per heavy atom. The Bertz CT molecular complexity index is 1890. The first-order chi connectivity index (χ1) is 20.5. The second kappa shape index (κ2) is 11.6. The first-order valence-corrected chi connectivity index (χ1v) is 13.5. The molecular weight excluding hydrogens is 552 g/mol. The fourth-order valence-corrected chi connectivity index (χ4v) is 4.96. The highest BCUT2D eigenvalue weighted by atomic mass is 35.5. The number of anilines is 3. The molecule has 0 fully saturated rings. The molecular formula is C32H25ClN6O3. The molecule has 208 valence electrons. The van der Waals surface area contributed by atoms with Gasteiger partial charge in [-0.15, -0.1) is 0 Å². The first-order valence-electron chi connectivity index (χ1n) is 13.1.